The third kappa shape index (κ3) is 3.29. The zero-order valence-electron chi connectivity index (χ0n) is 14.4. The van der Waals surface area contributed by atoms with Crippen molar-refractivity contribution >= 4 is 5.95 Å². The first-order chi connectivity index (χ1) is 11.8. The number of aromatic nitrogens is 4. The second-order valence-electron chi connectivity index (χ2n) is 6.99. The summed E-state index contributed by atoms with van der Waals surface area (Å²) in [6, 6.07) is 0. The highest BCUT2D eigenvalue weighted by atomic mass is 15.3. The average molecular weight is 326 g/mol. The fourth-order valence-electron chi connectivity index (χ4n) is 3.81. The predicted molar refractivity (Wildman–Crippen MR) is 94.1 cm³/mol. The van der Waals surface area contributed by atoms with E-state index in [1.807, 2.05) is 12.4 Å². The van der Waals surface area contributed by atoms with E-state index in [2.05, 4.69) is 37.9 Å². The molecule has 0 aliphatic carbocycles. The van der Waals surface area contributed by atoms with Gasteiger partial charge in [0.1, 0.15) is 5.82 Å². The van der Waals surface area contributed by atoms with Gasteiger partial charge in [0.15, 0.2) is 0 Å². The van der Waals surface area contributed by atoms with Gasteiger partial charge in [-0.15, -0.1) is 0 Å². The largest absolute Gasteiger partial charge is 0.341 e. The van der Waals surface area contributed by atoms with Crippen LogP contribution in [-0.4, -0.2) is 39.2 Å². The molecular formula is C18H26N6. The third-order valence-corrected chi connectivity index (χ3v) is 5.05. The van der Waals surface area contributed by atoms with Gasteiger partial charge in [-0.2, -0.15) is 0 Å². The molecule has 2 aliphatic rings. The van der Waals surface area contributed by atoms with Gasteiger partial charge < -0.3 is 14.8 Å². The van der Waals surface area contributed by atoms with Crippen molar-refractivity contribution < 1.29 is 0 Å². The van der Waals surface area contributed by atoms with Crippen molar-refractivity contribution in [1.29, 1.82) is 0 Å². The lowest BCUT2D eigenvalue weighted by Crippen LogP contribution is -2.26. The summed E-state index contributed by atoms with van der Waals surface area (Å²) in [5.74, 6) is 2.63. The standard InChI is InChI=1S/C18H26N6/c1-14-13-24-8-4-5-16(17(24)22-14)12-19-9-15-10-20-18(21-11-15)23-6-2-3-7-23/h10-11,13,16,19H,2-9,12H2,1H3/t16-/m1/s1. The molecule has 0 spiro atoms. The van der Waals surface area contributed by atoms with Gasteiger partial charge in [0.25, 0.3) is 0 Å². The van der Waals surface area contributed by atoms with Crippen molar-refractivity contribution in [2.75, 3.05) is 24.5 Å². The topological polar surface area (TPSA) is 58.9 Å². The Morgan fingerprint density at radius 3 is 2.71 bits per heavy atom. The van der Waals surface area contributed by atoms with E-state index >= 15 is 0 Å². The van der Waals surface area contributed by atoms with Crippen LogP contribution in [0.1, 0.15) is 48.7 Å². The van der Waals surface area contributed by atoms with E-state index in [1.165, 1.54) is 31.5 Å². The number of nitrogens with zero attached hydrogens (tertiary/aromatic N) is 5. The first-order valence-electron chi connectivity index (χ1n) is 9.10. The van der Waals surface area contributed by atoms with Crippen molar-refractivity contribution in [3.05, 3.63) is 35.7 Å². The van der Waals surface area contributed by atoms with Gasteiger partial charge in [-0.25, -0.2) is 15.0 Å². The van der Waals surface area contributed by atoms with Crippen LogP contribution >= 0.6 is 0 Å². The minimum Gasteiger partial charge on any atom is -0.341 e. The van der Waals surface area contributed by atoms with Crippen LogP contribution < -0.4 is 10.2 Å². The van der Waals surface area contributed by atoms with Crippen LogP contribution in [0, 0.1) is 6.92 Å². The molecule has 1 N–H and O–H groups in total. The van der Waals surface area contributed by atoms with Crippen LogP contribution in [0.5, 0.6) is 0 Å². The van der Waals surface area contributed by atoms with Crippen LogP contribution in [0.25, 0.3) is 0 Å². The van der Waals surface area contributed by atoms with Crippen molar-refractivity contribution in [2.45, 2.75) is 51.6 Å². The van der Waals surface area contributed by atoms with Gasteiger partial charge in [0, 0.05) is 62.8 Å². The van der Waals surface area contributed by atoms with Crippen LogP contribution in [-0.2, 0) is 13.1 Å². The molecule has 24 heavy (non-hydrogen) atoms. The molecule has 2 aliphatic heterocycles. The van der Waals surface area contributed by atoms with Crippen molar-refractivity contribution in [1.82, 2.24) is 24.8 Å². The first-order valence-corrected chi connectivity index (χ1v) is 9.10. The molecule has 2 aromatic heterocycles. The fraction of sp³-hybridized carbons (Fsp3) is 0.611. The maximum absolute atomic E-state index is 4.71. The van der Waals surface area contributed by atoms with Crippen LogP contribution in [0.3, 0.4) is 0 Å². The monoisotopic (exact) mass is 326 g/mol. The highest BCUT2D eigenvalue weighted by Gasteiger charge is 2.22. The summed E-state index contributed by atoms with van der Waals surface area (Å²) in [6.45, 7) is 7.14. The molecule has 4 heterocycles. The maximum Gasteiger partial charge on any atom is 0.225 e. The number of fused-ring (bicyclic) bond motifs is 1. The van der Waals surface area contributed by atoms with E-state index in [0.29, 0.717) is 5.92 Å². The van der Waals surface area contributed by atoms with Gasteiger partial charge in [-0.1, -0.05) is 0 Å². The molecule has 1 fully saturated rings. The van der Waals surface area contributed by atoms with E-state index in [-0.39, 0.29) is 0 Å². The summed E-state index contributed by atoms with van der Waals surface area (Å²) in [6.07, 6.45) is 11.1. The highest BCUT2D eigenvalue weighted by molar-refractivity contribution is 5.30. The molecule has 1 saturated heterocycles. The van der Waals surface area contributed by atoms with Crippen molar-refractivity contribution in [3.63, 3.8) is 0 Å². The van der Waals surface area contributed by atoms with E-state index in [0.717, 1.165) is 49.9 Å². The molecule has 0 bridgehead atoms. The minimum absolute atomic E-state index is 0.511. The molecule has 128 valence electrons. The van der Waals surface area contributed by atoms with Gasteiger partial charge in [0.2, 0.25) is 5.95 Å². The zero-order chi connectivity index (χ0) is 16.4. The first kappa shape index (κ1) is 15.6. The summed E-state index contributed by atoms with van der Waals surface area (Å²) in [7, 11) is 0. The van der Waals surface area contributed by atoms with Crippen LogP contribution in [0.2, 0.25) is 0 Å². The Labute approximate surface area is 143 Å². The number of nitrogens with one attached hydrogen (secondary N) is 1. The number of imidazole rings is 1. The molecule has 0 unspecified atom stereocenters. The summed E-state index contributed by atoms with van der Waals surface area (Å²) >= 11 is 0. The smallest absolute Gasteiger partial charge is 0.225 e. The molecule has 0 saturated carbocycles. The van der Waals surface area contributed by atoms with E-state index in [9.17, 15) is 0 Å². The van der Waals surface area contributed by atoms with E-state index in [4.69, 9.17) is 4.98 Å². The van der Waals surface area contributed by atoms with Crippen LogP contribution in [0.15, 0.2) is 18.6 Å². The number of hydrogen-bond donors (Lipinski definition) is 1. The molecule has 2 aromatic rings. The number of hydrogen-bond acceptors (Lipinski definition) is 5. The quantitative estimate of drug-likeness (QED) is 0.913. The molecular weight excluding hydrogens is 300 g/mol. The van der Waals surface area contributed by atoms with Gasteiger partial charge >= 0.3 is 0 Å². The molecule has 4 rings (SSSR count). The predicted octanol–water partition coefficient (Wildman–Crippen LogP) is 2.25. The third-order valence-electron chi connectivity index (χ3n) is 5.05. The SMILES string of the molecule is Cc1cn2c(n1)[C@@H](CNCc1cnc(N3CCCC3)nc1)CCC2. The Hall–Kier alpha value is -1.95. The normalized spacial score (nSPS) is 20.4. The Balaban J connectivity index is 1.31. The lowest BCUT2D eigenvalue weighted by atomic mass is 9.99. The summed E-state index contributed by atoms with van der Waals surface area (Å²) < 4.78 is 2.32. The lowest BCUT2D eigenvalue weighted by molar-refractivity contribution is 0.422. The summed E-state index contributed by atoms with van der Waals surface area (Å²) in [5.41, 5.74) is 2.27. The van der Waals surface area contributed by atoms with E-state index < -0.39 is 0 Å². The minimum atomic E-state index is 0.511. The summed E-state index contributed by atoms with van der Waals surface area (Å²) in [5, 5.41) is 3.56. The molecule has 0 aromatic carbocycles. The molecule has 0 radical (unpaired) electrons. The Bertz CT molecular complexity index is 671. The molecule has 0 amide bonds. The van der Waals surface area contributed by atoms with Gasteiger partial charge in [-0.3, -0.25) is 0 Å². The molecule has 6 heteroatoms. The lowest BCUT2D eigenvalue weighted by Gasteiger charge is -2.23. The Kier molecular flexibility index (Phi) is 4.47. The van der Waals surface area contributed by atoms with Crippen molar-refractivity contribution in [3.8, 4) is 0 Å². The Morgan fingerprint density at radius 1 is 1.12 bits per heavy atom. The number of aryl methyl sites for hydroxylation is 2. The van der Waals surface area contributed by atoms with Crippen LogP contribution in [0.4, 0.5) is 5.95 Å². The maximum atomic E-state index is 4.71. The second kappa shape index (κ2) is 6.89. The molecule has 6 nitrogen and oxygen atoms in total. The van der Waals surface area contributed by atoms with E-state index in [1.54, 1.807) is 0 Å². The summed E-state index contributed by atoms with van der Waals surface area (Å²) in [4.78, 5) is 16.0. The second-order valence-corrected chi connectivity index (χ2v) is 6.99. The zero-order valence-corrected chi connectivity index (χ0v) is 14.4. The fourth-order valence-corrected chi connectivity index (χ4v) is 3.81. The molecule has 1 atom stereocenters. The number of rotatable bonds is 5. The Morgan fingerprint density at radius 2 is 1.92 bits per heavy atom. The average Bonchev–Trinajstić information content (AvgIpc) is 3.24. The highest BCUT2D eigenvalue weighted by Crippen LogP contribution is 2.26. The van der Waals surface area contributed by atoms with Gasteiger partial charge in [-0.05, 0) is 32.6 Å². The van der Waals surface area contributed by atoms with Crippen molar-refractivity contribution in [2.24, 2.45) is 0 Å². The van der Waals surface area contributed by atoms with Gasteiger partial charge in [0.05, 0.1) is 5.69 Å². The number of anilines is 1.